The van der Waals surface area contributed by atoms with Crippen molar-refractivity contribution in [1.82, 2.24) is 4.98 Å². The maximum Gasteiger partial charge on any atom is 0.296 e. The van der Waals surface area contributed by atoms with Crippen LogP contribution in [0.5, 0.6) is 0 Å². The summed E-state index contributed by atoms with van der Waals surface area (Å²) in [5, 5.41) is 5.19. The number of hydrogen-bond donors (Lipinski definition) is 2. The van der Waals surface area contributed by atoms with Gasteiger partial charge in [0.05, 0.1) is 12.2 Å². The maximum absolute atomic E-state index is 5.83. The Bertz CT molecular complexity index is 692. The highest BCUT2D eigenvalue weighted by Crippen LogP contribution is 2.25. The summed E-state index contributed by atoms with van der Waals surface area (Å²) in [6.07, 6.45) is 0. The van der Waals surface area contributed by atoms with Gasteiger partial charge in [0.25, 0.3) is 6.01 Å². The number of nitrogens with one attached hydrogen (secondary N) is 1. The van der Waals surface area contributed by atoms with Crippen LogP contribution in [0.4, 0.5) is 11.7 Å². The van der Waals surface area contributed by atoms with Gasteiger partial charge in [-0.1, -0.05) is 6.07 Å². The number of nitrogens with zero attached hydrogens (tertiary/aromatic N) is 1. The van der Waals surface area contributed by atoms with E-state index in [-0.39, 0.29) is 0 Å². The zero-order valence-electron chi connectivity index (χ0n) is 9.31. The van der Waals surface area contributed by atoms with Gasteiger partial charge in [0.15, 0.2) is 5.58 Å². The van der Waals surface area contributed by atoms with E-state index in [9.17, 15) is 0 Å². The number of thiophene rings is 1. The lowest BCUT2D eigenvalue weighted by Crippen LogP contribution is -1.97. The average molecular weight is 324 g/mol. The topological polar surface area (TPSA) is 64.1 Å². The first-order valence-electron chi connectivity index (χ1n) is 5.34. The van der Waals surface area contributed by atoms with Crippen LogP contribution in [0.2, 0.25) is 0 Å². The van der Waals surface area contributed by atoms with Crippen LogP contribution in [0.25, 0.3) is 11.1 Å². The molecule has 3 rings (SSSR count). The molecule has 0 fully saturated rings. The Labute approximate surface area is 116 Å². The third-order valence-corrected chi connectivity index (χ3v) is 4.18. The van der Waals surface area contributed by atoms with Crippen LogP contribution in [0.3, 0.4) is 0 Å². The quantitative estimate of drug-likeness (QED) is 0.718. The molecule has 2 heterocycles. The van der Waals surface area contributed by atoms with Gasteiger partial charge in [-0.15, -0.1) is 11.3 Å². The second-order valence-electron chi connectivity index (χ2n) is 3.80. The van der Waals surface area contributed by atoms with Crippen LogP contribution < -0.4 is 11.1 Å². The first-order valence-corrected chi connectivity index (χ1v) is 7.01. The highest BCUT2D eigenvalue weighted by molar-refractivity contribution is 9.10. The zero-order valence-corrected chi connectivity index (χ0v) is 11.7. The molecular weight excluding hydrogens is 314 g/mol. The number of rotatable bonds is 3. The van der Waals surface area contributed by atoms with E-state index in [2.05, 4.69) is 32.3 Å². The van der Waals surface area contributed by atoms with Crippen molar-refractivity contribution in [2.45, 2.75) is 6.54 Å². The number of anilines is 2. The highest BCUT2D eigenvalue weighted by Gasteiger charge is 2.07. The van der Waals surface area contributed by atoms with Gasteiger partial charge in [-0.25, -0.2) is 0 Å². The molecule has 0 spiro atoms. The summed E-state index contributed by atoms with van der Waals surface area (Å²) in [5.41, 5.74) is 7.85. The lowest BCUT2D eigenvalue weighted by atomic mass is 10.3. The standard InChI is InChI=1S/C12H10BrN3OS/c13-7-4-8(18-6-7)5-15-12-16-11-9(14)2-1-3-10(11)17-12/h1-4,6H,5,14H2,(H,15,16). The molecule has 0 saturated carbocycles. The van der Waals surface area contributed by atoms with Gasteiger partial charge >= 0.3 is 0 Å². The molecule has 0 atom stereocenters. The van der Waals surface area contributed by atoms with Gasteiger partial charge in [0, 0.05) is 14.7 Å². The Morgan fingerprint density at radius 3 is 3.06 bits per heavy atom. The molecule has 0 radical (unpaired) electrons. The number of aromatic nitrogens is 1. The van der Waals surface area contributed by atoms with Crippen molar-refractivity contribution < 1.29 is 4.42 Å². The van der Waals surface area contributed by atoms with Crippen molar-refractivity contribution in [2.24, 2.45) is 0 Å². The van der Waals surface area contributed by atoms with Gasteiger partial charge in [-0.2, -0.15) is 4.98 Å². The van der Waals surface area contributed by atoms with E-state index in [0.29, 0.717) is 29.3 Å². The number of nitrogens with two attached hydrogens (primary N) is 1. The van der Waals surface area contributed by atoms with Gasteiger partial charge in [-0.3, -0.25) is 0 Å². The third kappa shape index (κ3) is 2.21. The molecule has 4 nitrogen and oxygen atoms in total. The molecule has 0 amide bonds. The zero-order chi connectivity index (χ0) is 12.5. The Balaban J connectivity index is 1.81. The fourth-order valence-electron chi connectivity index (χ4n) is 1.65. The first kappa shape index (κ1) is 11.6. The molecule has 0 aliphatic heterocycles. The second kappa shape index (κ2) is 4.62. The highest BCUT2D eigenvalue weighted by atomic mass is 79.9. The molecule has 18 heavy (non-hydrogen) atoms. The van der Waals surface area contributed by atoms with Crippen LogP contribution in [-0.4, -0.2) is 4.98 Å². The van der Waals surface area contributed by atoms with Crippen LogP contribution >= 0.6 is 27.3 Å². The number of hydrogen-bond acceptors (Lipinski definition) is 5. The lowest BCUT2D eigenvalue weighted by Gasteiger charge is -1.97. The SMILES string of the molecule is Nc1cccc2oc(NCc3cc(Br)cs3)nc12. The summed E-state index contributed by atoms with van der Waals surface area (Å²) in [6.45, 7) is 0.684. The summed E-state index contributed by atoms with van der Waals surface area (Å²) in [5.74, 6) is 0. The van der Waals surface area contributed by atoms with Crippen LogP contribution in [0, 0.1) is 0 Å². The van der Waals surface area contributed by atoms with Crippen LogP contribution in [-0.2, 0) is 6.54 Å². The predicted octanol–water partition coefficient (Wildman–Crippen LogP) is 3.85. The minimum atomic E-state index is 0.493. The van der Waals surface area contributed by atoms with Crippen molar-refractivity contribution >= 4 is 50.1 Å². The number of halogens is 1. The summed E-state index contributed by atoms with van der Waals surface area (Å²) < 4.78 is 6.66. The fourth-order valence-corrected chi connectivity index (χ4v) is 3.05. The van der Waals surface area contributed by atoms with Crippen molar-refractivity contribution in [3.05, 3.63) is 39.0 Å². The summed E-state index contributed by atoms with van der Waals surface area (Å²) in [6, 6.07) is 8.07. The van der Waals surface area contributed by atoms with Gasteiger partial charge in [0.2, 0.25) is 0 Å². The van der Waals surface area contributed by atoms with Crippen molar-refractivity contribution in [2.75, 3.05) is 11.1 Å². The Morgan fingerprint density at radius 2 is 2.33 bits per heavy atom. The fraction of sp³-hybridized carbons (Fsp3) is 0.0833. The Morgan fingerprint density at radius 1 is 1.44 bits per heavy atom. The lowest BCUT2D eigenvalue weighted by molar-refractivity contribution is 0.615. The smallest absolute Gasteiger partial charge is 0.296 e. The summed E-state index contributed by atoms with van der Waals surface area (Å²) in [7, 11) is 0. The van der Waals surface area contributed by atoms with Gasteiger partial charge in [-0.05, 0) is 34.1 Å². The largest absolute Gasteiger partial charge is 0.423 e. The molecule has 3 N–H and O–H groups in total. The molecule has 6 heteroatoms. The number of fused-ring (bicyclic) bond motifs is 1. The normalized spacial score (nSPS) is 10.9. The maximum atomic E-state index is 5.83. The number of para-hydroxylation sites is 1. The molecule has 0 aliphatic carbocycles. The van der Waals surface area contributed by atoms with Crippen molar-refractivity contribution in [3.63, 3.8) is 0 Å². The summed E-state index contributed by atoms with van der Waals surface area (Å²) >= 11 is 5.10. The van der Waals surface area contributed by atoms with E-state index >= 15 is 0 Å². The van der Waals surface area contributed by atoms with E-state index in [1.807, 2.05) is 23.6 Å². The van der Waals surface area contributed by atoms with E-state index in [1.54, 1.807) is 11.3 Å². The monoisotopic (exact) mass is 323 g/mol. The molecular formula is C12H10BrN3OS. The number of nitrogen functional groups attached to an aromatic ring is 1. The van der Waals surface area contributed by atoms with Crippen LogP contribution in [0.15, 0.2) is 38.5 Å². The van der Waals surface area contributed by atoms with Crippen molar-refractivity contribution in [1.29, 1.82) is 0 Å². The average Bonchev–Trinajstić information content (AvgIpc) is 2.93. The second-order valence-corrected chi connectivity index (χ2v) is 5.71. The van der Waals surface area contributed by atoms with Crippen LogP contribution in [0.1, 0.15) is 4.88 Å². The number of benzene rings is 1. The molecule has 0 saturated heterocycles. The molecule has 0 aliphatic rings. The molecule has 2 aromatic heterocycles. The number of oxazole rings is 1. The van der Waals surface area contributed by atoms with E-state index in [4.69, 9.17) is 10.2 Å². The molecule has 1 aromatic carbocycles. The Hall–Kier alpha value is -1.53. The predicted molar refractivity (Wildman–Crippen MR) is 77.8 cm³/mol. The van der Waals surface area contributed by atoms with E-state index < -0.39 is 0 Å². The molecule has 0 bridgehead atoms. The molecule has 92 valence electrons. The van der Waals surface area contributed by atoms with Crippen molar-refractivity contribution in [3.8, 4) is 0 Å². The van der Waals surface area contributed by atoms with Gasteiger partial charge in [0.1, 0.15) is 5.52 Å². The van der Waals surface area contributed by atoms with E-state index in [0.717, 1.165) is 4.47 Å². The molecule has 0 unspecified atom stereocenters. The first-order chi connectivity index (χ1) is 8.72. The molecule has 3 aromatic rings. The third-order valence-electron chi connectivity index (χ3n) is 2.49. The van der Waals surface area contributed by atoms with E-state index in [1.165, 1.54) is 4.88 Å². The van der Waals surface area contributed by atoms with Gasteiger partial charge < -0.3 is 15.5 Å². The summed E-state index contributed by atoms with van der Waals surface area (Å²) in [4.78, 5) is 5.53. The minimum Gasteiger partial charge on any atom is -0.423 e. The minimum absolute atomic E-state index is 0.493. The Kier molecular flexibility index (Phi) is 2.97.